The average molecular weight is 528 g/mol. The fraction of sp³-hybridized carbons (Fsp3) is 0.407. The van der Waals surface area contributed by atoms with Crippen molar-refractivity contribution in [3.8, 4) is 0 Å². The van der Waals surface area contributed by atoms with Gasteiger partial charge in [-0.3, -0.25) is 14.1 Å². The van der Waals surface area contributed by atoms with Crippen LogP contribution in [-0.4, -0.2) is 31.4 Å². The zero-order valence-electron chi connectivity index (χ0n) is 21.2. The third-order valence-electron chi connectivity index (χ3n) is 7.49. The number of pyridine rings is 1. The van der Waals surface area contributed by atoms with Gasteiger partial charge in [0.25, 0.3) is 15.6 Å². The van der Waals surface area contributed by atoms with Gasteiger partial charge in [-0.1, -0.05) is 25.9 Å². The molecule has 37 heavy (non-hydrogen) atoms. The van der Waals surface area contributed by atoms with Crippen molar-refractivity contribution in [3.05, 3.63) is 70.4 Å². The van der Waals surface area contributed by atoms with Crippen LogP contribution in [0.3, 0.4) is 0 Å². The summed E-state index contributed by atoms with van der Waals surface area (Å²) in [6.07, 6.45) is 3.66. The maximum Gasteiger partial charge on any atom is 0.263 e. The lowest BCUT2D eigenvalue weighted by atomic mass is 9.60. The molecule has 2 aromatic heterocycles. The van der Waals surface area contributed by atoms with Crippen LogP contribution in [0.1, 0.15) is 40.0 Å². The quantitative estimate of drug-likeness (QED) is 0.464. The SMILES string of the molecule is COC1=C(n2c(=O)ccc3cc(S(=O)(=O)Nc4ccon4)ccc32)CC(F)C(C2CC(C(C)(C)C)C2)=C1. The largest absolute Gasteiger partial charge is 0.495 e. The molecule has 0 spiro atoms. The molecule has 5 rings (SSSR count). The number of fused-ring (bicyclic) bond motifs is 1. The molecule has 10 heteroatoms. The molecule has 0 bridgehead atoms. The van der Waals surface area contributed by atoms with Gasteiger partial charge in [0.2, 0.25) is 0 Å². The van der Waals surface area contributed by atoms with Crippen molar-refractivity contribution in [2.45, 2.75) is 51.1 Å². The van der Waals surface area contributed by atoms with Crippen LogP contribution >= 0.6 is 0 Å². The van der Waals surface area contributed by atoms with Gasteiger partial charge in [0.05, 0.1) is 23.2 Å². The first-order chi connectivity index (χ1) is 17.5. The van der Waals surface area contributed by atoms with E-state index in [1.54, 1.807) is 18.2 Å². The standard InChI is InChI=1S/C27H30FN3O5S/c1-27(2,3)18-11-17(12-18)20-14-24(35-4)23(15-21(20)28)31-22-7-6-19(13-16(22)5-8-26(31)32)37(33,34)30-25-9-10-36-29-25/h5-10,13-14,17-18,21H,11-12,15H2,1-4H3,(H,29,30). The number of aromatic nitrogens is 2. The van der Waals surface area contributed by atoms with Gasteiger partial charge in [0.1, 0.15) is 18.2 Å². The van der Waals surface area contributed by atoms with Crippen molar-refractivity contribution in [1.82, 2.24) is 9.72 Å². The molecule has 0 aliphatic heterocycles. The van der Waals surface area contributed by atoms with Crippen molar-refractivity contribution in [3.63, 3.8) is 0 Å². The summed E-state index contributed by atoms with van der Waals surface area (Å²) >= 11 is 0. The highest BCUT2D eigenvalue weighted by Crippen LogP contribution is 2.50. The molecule has 3 aromatic rings. The minimum absolute atomic E-state index is 0.00151. The molecular weight excluding hydrogens is 497 g/mol. The number of halogens is 1. The van der Waals surface area contributed by atoms with Gasteiger partial charge < -0.3 is 9.26 Å². The number of allylic oxidation sites excluding steroid dienone is 3. The first-order valence-electron chi connectivity index (χ1n) is 12.2. The van der Waals surface area contributed by atoms with Crippen molar-refractivity contribution in [2.24, 2.45) is 17.3 Å². The van der Waals surface area contributed by atoms with E-state index in [2.05, 4.69) is 35.2 Å². The first-order valence-corrected chi connectivity index (χ1v) is 13.7. The fourth-order valence-electron chi connectivity index (χ4n) is 5.19. The Morgan fingerprint density at radius 1 is 1.16 bits per heavy atom. The summed E-state index contributed by atoms with van der Waals surface area (Å²) in [7, 11) is -2.43. The second kappa shape index (κ2) is 9.16. The lowest BCUT2D eigenvalue weighted by Crippen LogP contribution is -2.37. The van der Waals surface area contributed by atoms with Crippen LogP contribution in [0.2, 0.25) is 0 Å². The molecule has 1 N–H and O–H groups in total. The van der Waals surface area contributed by atoms with E-state index in [-0.39, 0.29) is 34.0 Å². The Morgan fingerprint density at radius 2 is 1.92 bits per heavy atom. The molecule has 0 amide bonds. The Kier molecular flexibility index (Phi) is 6.26. The van der Waals surface area contributed by atoms with E-state index in [4.69, 9.17) is 4.74 Å². The maximum absolute atomic E-state index is 15.5. The van der Waals surface area contributed by atoms with Gasteiger partial charge in [-0.15, -0.1) is 0 Å². The summed E-state index contributed by atoms with van der Waals surface area (Å²) < 4.78 is 55.2. The van der Waals surface area contributed by atoms with Gasteiger partial charge in [-0.25, -0.2) is 12.8 Å². The van der Waals surface area contributed by atoms with Gasteiger partial charge in [-0.05, 0) is 66.0 Å². The minimum atomic E-state index is -3.94. The smallest absolute Gasteiger partial charge is 0.263 e. The number of hydrogen-bond acceptors (Lipinski definition) is 6. The number of hydrogen-bond donors (Lipinski definition) is 1. The third kappa shape index (κ3) is 4.70. The van der Waals surface area contributed by atoms with E-state index in [1.807, 2.05) is 0 Å². The number of alkyl halides is 1. The predicted molar refractivity (Wildman–Crippen MR) is 139 cm³/mol. The first kappa shape index (κ1) is 25.3. The Bertz CT molecular complexity index is 1560. The van der Waals surface area contributed by atoms with Crippen LogP contribution in [0.15, 0.2) is 74.3 Å². The zero-order valence-corrected chi connectivity index (χ0v) is 22.0. The van der Waals surface area contributed by atoms with Gasteiger partial charge in [-0.2, -0.15) is 0 Å². The molecule has 0 radical (unpaired) electrons. The van der Waals surface area contributed by atoms with E-state index >= 15 is 4.39 Å². The summed E-state index contributed by atoms with van der Waals surface area (Å²) in [6, 6.07) is 8.68. The predicted octanol–water partition coefficient (Wildman–Crippen LogP) is 5.35. The molecule has 1 atom stereocenters. The van der Waals surface area contributed by atoms with E-state index in [9.17, 15) is 13.2 Å². The van der Waals surface area contributed by atoms with Gasteiger partial charge in [0, 0.05) is 23.9 Å². The Morgan fingerprint density at radius 3 is 2.57 bits per heavy atom. The second-order valence-electron chi connectivity index (χ2n) is 10.8. The number of anilines is 1. The van der Waals surface area contributed by atoms with Crippen LogP contribution < -0.4 is 10.3 Å². The van der Waals surface area contributed by atoms with Crippen molar-refractivity contribution >= 4 is 32.4 Å². The summed E-state index contributed by atoms with van der Waals surface area (Å²) in [4.78, 5) is 13.0. The van der Waals surface area contributed by atoms with Crippen LogP contribution in [0.4, 0.5) is 10.2 Å². The highest BCUT2D eigenvalue weighted by molar-refractivity contribution is 7.92. The fourth-order valence-corrected chi connectivity index (χ4v) is 6.22. The third-order valence-corrected chi connectivity index (χ3v) is 8.85. The molecule has 1 aromatic carbocycles. The Hall–Kier alpha value is -3.40. The van der Waals surface area contributed by atoms with E-state index < -0.39 is 16.2 Å². The lowest BCUT2D eigenvalue weighted by molar-refractivity contribution is 0.0858. The molecule has 196 valence electrons. The monoisotopic (exact) mass is 527 g/mol. The van der Waals surface area contributed by atoms with Crippen LogP contribution in [-0.2, 0) is 14.8 Å². The molecule has 1 saturated carbocycles. The highest BCUT2D eigenvalue weighted by atomic mass is 32.2. The van der Waals surface area contributed by atoms with Crippen molar-refractivity contribution in [2.75, 3.05) is 11.8 Å². The molecule has 0 saturated heterocycles. The maximum atomic E-state index is 15.5. The summed E-state index contributed by atoms with van der Waals surface area (Å²) in [6.45, 7) is 6.63. The lowest BCUT2D eigenvalue weighted by Gasteiger charge is -2.46. The van der Waals surface area contributed by atoms with E-state index in [0.717, 1.165) is 18.4 Å². The second-order valence-corrected chi connectivity index (χ2v) is 12.5. The van der Waals surface area contributed by atoms with Crippen molar-refractivity contribution < 1.29 is 22.1 Å². The zero-order chi connectivity index (χ0) is 26.5. The molecule has 2 aliphatic rings. The number of benzene rings is 1. The molecule has 2 aliphatic carbocycles. The number of sulfonamides is 1. The topological polar surface area (TPSA) is 103 Å². The molecule has 8 nitrogen and oxygen atoms in total. The van der Waals surface area contributed by atoms with E-state index in [1.165, 1.54) is 42.2 Å². The summed E-state index contributed by atoms with van der Waals surface area (Å²) in [5.74, 6) is 1.22. The van der Waals surface area contributed by atoms with Crippen molar-refractivity contribution in [1.29, 1.82) is 0 Å². The summed E-state index contributed by atoms with van der Waals surface area (Å²) in [5.41, 5.74) is 1.43. The highest BCUT2D eigenvalue weighted by Gasteiger charge is 2.42. The number of methoxy groups -OCH3 is 1. The number of rotatable bonds is 6. The molecule has 2 heterocycles. The number of ether oxygens (including phenoxy) is 1. The molecule has 1 fully saturated rings. The van der Waals surface area contributed by atoms with Gasteiger partial charge in [0.15, 0.2) is 5.82 Å². The van der Waals surface area contributed by atoms with Crippen LogP contribution in [0.25, 0.3) is 16.6 Å². The number of nitrogens with zero attached hydrogens (tertiary/aromatic N) is 2. The Labute approximate surface area is 214 Å². The summed E-state index contributed by atoms with van der Waals surface area (Å²) in [5, 5.41) is 4.08. The number of nitrogens with one attached hydrogen (secondary N) is 1. The van der Waals surface area contributed by atoms with Crippen LogP contribution in [0.5, 0.6) is 0 Å². The minimum Gasteiger partial charge on any atom is -0.495 e. The van der Waals surface area contributed by atoms with Crippen LogP contribution in [0, 0.1) is 17.3 Å². The Balaban J connectivity index is 1.53. The van der Waals surface area contributed by atoms with E-state index in [0.29, 0.717) is 28.3 Å². The normalized spacial score (nSPS) is 22.5. The average Bonchev–Trinajstić information content (AvgIpc) is 3.30. The molecular formula is C27H30FN3O5S. The van der Waals surface area contributed by atoms with Gasteiger partial charge >= 0.3 is 0 Å². The molecule has 1 unspecified atom stereocenters.